The van der Waals surface area contributed by atoms with E-state index in [2.05, 4.69) is 20.6 Å². The lowest BCUT2D eigenvalue weighted by atomic mass is 10.6. The highest BCUT2D eigenvalue weighted by atomic mass is 32.1. The van der Waals surface area contributed by atoms with E-state index in [0.717, 1.165) is 23.1 Å². The number of fused-ring (bicyclic) bond motifs is 1. The van der Waals surface area contributed by atoms with Crippen molar-refractivity contribution in [2.75, 3.05) is 20.3 Å². The highest BCUT2D eigenvalue weighted by Gasteiger charge is 2.03. The Kier molecular flexibility index (Phi) is 3.02. The summed E-state index contributed by atoms with van der Waals surface area (Å²) in [5, 5.41) is 16.1. The van der Waals surface area contributed by atoms with E-state index in [-0.39, 0.29) is 0 Å². The molecule has 2 rings (SSSR count). The fraction of sp³-hybridized carbons (Fsp3) is 0.571. The quantitative estimate of drug-likeness (QED) is 0.704. The maximum atomic E-state index is 4.92. The Morgan fingerprint density at radius 2 is 2.57 bits per heavy atom. The first kappa shape index (κ1) is 9.50. The third-order valence-corrected chi connectivity index (χ3v) is 2.60. The second-order valence-corrected chi connectivity index (χ2v) is 3.76. The van der Waals surface area contributed by atoms with E-state index in [1.165, 1.54) is 11.3 Å². The predicted octanol–water partition coefficient (Wildman–Crippen LogP) is -0.0782. The van der Waals surface area contributed by atoms with Crippen LogP contribution >= 0.6 is 11.3 Å². The van der Waals surface area contributed by atoms with Gasteiger partial charge in [-0.1, -0.05) is 11.3 Å². The molecule has 2 heterocycles. The molecule has 7 heteroatoms. The van der Waals surface area contributed by atoms with Crippen molar-refractivity contribution in [2.45, 2.75) is 6.54 Å². The third-order valence-electron chi connectivity index (χ3n) is 1.69. The van der Waals surface area contributed by atoms with E-state index in [1.807, 2.05) is 0 Å². The second kappa shape index (κ2) is 4.45. The Morgan fingerprint density at radius 3 is 3.36 bits per heavy atom. The van der Waals surface area contributed by atoms with E-state index >= 15 is 0 Å². The van der Waals surface area contributed by atoms with Gasteiger partial charge >= 0.3 is 0 Å². The number of methoxy groups -OCH3 is 1. The van der Waals surface area contributed by atoms with Crippen LogP contribution in [0.3, 0.4) is 0 Å². The van der Waals surface area contributed by atoms with Gasteiger partial charge in [-0.2, -0.15) is 9.61 Å². The number of ether oxygens (including phenoxy) is 1. The van der Waals surface area contributed by atoms with Crippen molar-refractivity contribution in [2.24, 2.45) is 0 Å². The molecule has 0 aliphatic rings. The monoisotopic (exact) mass is 213 g/mol. The van der Waals surface area contributed by atoms with Crippen LogP contribution in [0, 0.1) is 0 Å². The Balaban J connectivity index is 1.89. The van der Waals surface area contributed by atoms with Crippen molar-refractivity contribution in [3.05, 3.63) is 11.3 Å². The molecule has 6 nitrogen and oxygen atoms in total. The molecule has 0 unspecified atom stereocenters. The molecule has 2 aromatic rings. The van der Waals surface area contributed by atoms with Crippen LogP contribution in [0.1, 0.15) is 5.01 Å². The fourth-order valence-corrected chi connectivity index (χ4v) is 1.83. The summed E-state index contributed by atoms with van der Waals surface area (Å²) in [4.78, 5) is 0.827. The van der Waals surface area contributed by atoms with E-state index in [9.17, 15) is 0 Å². The summed E-state index contributed by atoms with van der Waals surface area (Å²) in [6.07, 6.45) is 1.60. The van der Waals surface area contributed by atoms with Crippen LogP contribution in [-0.2, 0) is 11.3 Å². The van der Waals surface area contributed by atoms with Gasteiger partial charge in [-0.3, -0.25) is 0 Å². The first-order valence-electron chi connectivity index (χ1n) is 4.25. The zero-order chi connectivity index (χ0) is 9.80. The normalized spacial score (nSPS) is 11.2. The second-order valence-electron chi connectivity index (χ2n) is 2.72. The van der Waals surface area contributed by atoms with Gasteiger partial charge in [0.1, 0.15) is 11.3 Å². The van der Waals surface area contributed by atoms with E-state index in [0.29, 0.717) is 6.61 Å². The standard InChI is InChI=1S/C7H11N5OS/c1-13-3-2-8-4-6-11-12-5-9-10-7(12)14-6/h5,8H,2-4H2,1H3. The molecule has 0 saturated heterocycles. The van der Waals surface area contributed by atoms with Crippen molar-refractivity contribution < 1.29 is 4.74 Å². The molecule has 0 aromatic carbocycles. The lowest BCUT2D eigenvalue weighted by Gasteiger charge is -1.99. The van der Waals surface area contributed by atoms with E-state index in [4.69, 9.17) is 4.74 Å². The van der Waals surface area contributed by atoms with Gasteiger partial charge in [-0.05, 0) is 0 Å². The minimum Gasteiger partial charge on any atom is -0.383 e. The summed E-state index contributed by atoms with van der Waals surface area (Å²) in [5.41, 5.74) is 0. The van der Waals surface area contributed by atoms with Crippen molar-refractivity contribution in [1.82, 2.24) is 25.1 Å². The summed E-state index contributed by atoms with van der Waals surface area (Å²) in [6, 6.07) is 0. The zero-order valence-electron chi connectivity index (χ0n) is 7.80. The average molecular weight is 213 g/mol. The molecule has 0 aliphatic carbocycles. The summed E-state index contributed by atoms with van der Waals surface area (Å²) in [5.74, 6) is 0. The van der Waals surface area contributed by atoms with Crippen molar-refractivity contribution in [1.29, 1.82) is 0 Å². The van der Waals surface area contributed by atoms with Crippen LogP contribution in [-0.4, -0.2) is 40.1 Å². The van der Waals surface area contributed by atoms with Gasteiger partial charge in [-0.15, -0.1) is 10.2 Å². The SMILES string of the molecule is COCCNCc1nn2cnnc2s1. The highest BCUT2D eigenvalue weighted by Crippen LogP contribution is 2.10. The largest absolute Gasteiger partial charge is 0.383 e. The molecule has 0 bridgehead atoms. The van der Waals surface area contributed by atoms with Crippen LogP contribution in [0.2, 0.25) is 0 Å². The highest BCUT2D eigenvalue weighted by molar-refractivity contribution is 7.16. The summed E-state index contributed by atoms with van der Waals surface area (Å²) in [6.45, 7) is 2.29. The fourth-order valence-electron chi connectivity index (χ4n) is 1.04. The first-order chi connectivity index (χ1) is 6.90. The number of aromatic nitrogens is 4. The number of rotatable bonds is 5. The smallest absolute Gasteiger partial charge is 0.234 e. The molecule has 0 aliphatic heterocycles. The van der Waals surface area contributed by atoms with E-state index < -0.39 is 0 Å². The van der Waals surface area contributed by atoms with Gasteiger partial charge in [-0.25, -0.2) is 0 Å². The molecule has 0 atom stereocenters. The van der Waals surface area contributed by atoms with Crippen LogP contribution in [0.4, 0.5) is 0 Å². The molecule has 76 valence electrons. The van der Waals surface area contributed by atoms with Gasteiger partial charge < -0.3 is 10.1 Å². The summed E-state index contributed by atoms with van der Waals surface area (Å²) < 4.78 is 6.60. The maximum absolute atomic E-state index is 4.92. The molecule has 0 spiro atoms. The zero-order valence-corrected chi connectivity index (χ0v) is 8.62. The first-order valence-corrected chi connectivity index (χ1v) is 5.07. The summed E-state index contributed by atoms with van der Waals surface area (Å²) >= 11 is 1.54. The molecule has 1 N–H and O–H groups in total. The molecule has 2 aromatic heterocycles. The number of nitrogens with zero attached hydrogens (tertiary/aromatic N) is 4. The number of nitrogens with one attached hydrogen (secondary N) is 1. The van der Waals surface area contributed by atoms with Gasteiger partial charge in [0.2, 0.25) is 4.96 Å². The number of hydrogen-bond donors (Lipinski definition) is 1. The minimum absolute atomic E-state index is 0.712. The van der Waals surface area contributed by atoms with Crippen LogP contribution in [0.15, 0.2) is 6.33 Å². The third kappa shape index (κ3) is 2.06. The minimum atomic E-state index is 0.712. The van der Waals surface area contributed by atoms with Crippen LogP contribution in [0.5, 0.6) is 0 Å². The molecule has 0 radical (unpaired) electrons. The average Bonchev–Trinajstić information content (AvgIpc) is 2.72. The predicted molar refractivity (Wildman–Crippen MR) is 52.2 cm³/mol. The molecule has 0 saturated carbocycles. The van der Waals surface area contributed by atoms with Crippen LogP contribution < -0.4 is 5.32 Å². The van der Waals surface area contributed by atoms with Gasteiger partial charge in [0.15, 0.2) is 0 Å². The number of hydrogen-bond acceptors (Lipinski definition) is 6. The van der Waals surface area contributed by atoms with Crippen molar-refractivity contribution in [3.63, 3.8) is 0 Å². The van der Waals surface area contributed by atoms with Crippen molar-refractivity contribution >= 4 is 16.3 Å². The summed E-state index contributed by atoms with van der Waals surface area (Å²) in [7, 11) is 1.69. The molecule has 14 heavy (non-hydrogen) atoms. The molecular formula is C7H11N5OS. The van der Waals surface area contributed by atoms with E-state index in [1.54, 1.807) is 18.0 Å². The van der Waals surface area contributed by atoms with Crippen LogP contribution in [0.25, 0.3) is 4.96 Å². The Bertz CT molecular complexity index is 369. The van der Waals surface area contributed by atoms with Gasteiger partial charge in [0.25, 0.3) is 0 Å². The Labute approximate surface area is 84.9 Å². The maximum Gasteiger partial charge on any atom is 0.234 e. The lowest BCUT2D eigenvalue weighted by molar-refractivity contribution is 0.199. The Morgan fingerprint density at radius 1 is 1.64 bits per heavy atom. The molecular weight excluding hydrogens is 202 g/mol. The molecule has 0 fully saturated rings. The van der Waals surface area contributed by atoms with Gasteiger partial charge in [0.05, 0.1) is 6.61 Å². The lowest BCUT2D eigenvalue weighted by Crippen LogP contribution is -2.18. The topological polar surface area (TPSA) is 64.3 Å². The molecule has 0 amide bonds. The Hall–Kier alpha value is -1.05. The van der Waals surface area contributed by atoms with Crippen molar-refractivity contribution in [3.8, 4) is 0 Å². The van der Waals surface area contributed by atoms with Gasteiger partial charge in [0, 0.05) is 20.2 Å².